The standard InChI is InChI=1S/C8H5BrF5NO/c9-6-3(15)1-2-4(5(6)7(10)11)16-8(12,13)14/h1-2,7H,15H2. The Morgan fingerprint density at radius 2 is 1.81 bits per heavy atom. The number of ether oxygens (including phenoxy) is 1. The third-order valence-electron chi connectivity index (χ3n) is 1.61. The smallest absolute Gasteiger partial charge is 0.405 e. The molecule has 1 aromatic rings. The lowest BCUT2D eigenvalue weighted by molar-refractivity contribution is -0.275. The molecule has 0 aliphatic rings. The lowest BCUT2D eigenvalue weighted by atomic mass is 10.2. The monoisotopic (exact) mass is 305 g/mol. The summed E-state index contributed by atoms with van der Waals surface area (Å²) >= 11 is 2.69. The second-order valence-electron chi connectivity index (χ2n) is 2.73. The topological polar surface area (TPSA) is 35.2 Å². The number of nitrogens with two attached hydrogens (primary N) is 1. The number of alkyl halides is 5. The average molecular weight is 306 g/mol. The third kappa shape index (κ3) is 2.97. The highest BCUT2D eigenvalue weighted by Gasteiger charge is 2.34. The summed E-state index contributed by atoms with van der Waals surface area (Å²) in [6, 6.07) is 1.78. The summed E-state index contributed by atoms with van der Waals surface area (Å²) in [6.07, 6.45) is -8.16. The van der Waals surface area contributed by atoms with E-state index in [0.717, 1.165) is 12.1 Å². The summed E-state index contributed by atoms with van der Waals surface area (Å²) in [7, 11) is 0. The molecule has 1 aromatic carbocycles. The van der Waals surface area contributed by atoms with Crippen LogP contribution in [-0.4, -0.2) is 6.36 Å². The zero-order chi connectivity index (χ0) is 12.5. The Labute approximate surface area is 95.3 Å². The quantitative estimate of drug-likeness (QED) is 0.665. The van der Waals surface area contributed by atoms with E-state index in [9.17, 15) is 22.0 Å². The summed E-state index contributed by atoms with van der Waals surface area (Å²) in [5.74, 6) is -0.969. The van der Waals surface area contributed by atoms with Crippen molar-refractivity contribution in [3.8, 4) is 5.75 Å². The van der Waals surface area contributed by atoms with Crippen molar-refractivity contribution in [1.29, 1.82) is 0 Å². The van der Waals surface area contributed by atoms with Crippen LogP contribution in [0.4, 0.5) is 27.6 Å². The third-order valence-corrected chi connectivity index (χ3v) is 2.50. The molecule has 1 rings (SSSR count). The van der Waals surface area contributed by atoms with E-state index in [-0.39, 0.29) is 10.2 Å². The van der Waals surface area contributed by atoms with E-state index in [4.69, 9.17) is 5.73 Å². The van der Waals surface area contributed by atoms with Crippen LogP contribution in [0.1, 0.15) is 12.0 Å². The molecule has 2 N–H and O–H groups in total. The molecular formula is C8H5BrF5NO. The van der Waals surface area contributed by atoms with Gasteiger partial charge in [-0.25, -0.2) is 8.78 Å². The van der Waals surface area contributed by atoms with Crippen molar-refractivity contribution in [3.63, 3.8) is 0 Å². The van der Waals surface area contributed by atoms with E-state index in [2.05, 4.69) is 20.7 Å². The summed E-state index contributed by atoms with van der Waals surface area (Å²) in [6.45, 7) is 0. The summed E-state index contributed by atoms with van der Waals surface area (Å²) < 4.78 is 63.9. The minimum absolute atomic E-state index is 0.0928. The van der Waals surface area contributed by atoms with Crippen LogP contribution in [0.15, 0.2) is 16.6 Å². The maximum Gasteiger partial charge on any atom is 0.573 e. The molecule has 0 fully saturated rings. The van der Waals surface area contributed by atoms with Crippen molar-refractivity contribution in [2.45, 2.75) is 12.8 Å². The van der Waals surface area contributed by atoms with Gasteiger partial charge in [0.25, 0.3) is 6.43 Å². The van der Waals surface area contributed by atoms with E-state index < -0.39 is 24.1 Å². The van der Waals surface area contributed by atoms with Gasteiger partial charge in [0, 0.05) is 5.69 Å². The first-order chi connectivity index (χ1) is 7.22. The van der Waals surface area contributed by atoms with Crippen molar-refractivity contribution in [2.24, 2.45) is 0 Å². The van der Waals surface area contributed by atoms with Crippen LogP contribution in [0, 0.1) is 0 Å². The molecular weight excluding hydrogens is 301 g/mol. The van der Waals surface area contributed by atoms with Gasteiger partial charge >= 0.3 is 6.36 Å². The van der Waals surface area contributed by atoms with Gasteiger partial charge in [0.05, 0.1) is 10.0 Å². The average Bonchev–Trinajstić information content (AvgIpc) is 2.08. The normalized spacial score (nSPS) is 11.9. The number of hydrogen-bond donors (Lipinski definition) is 1. The number of benzene rings is 1. The first-order valence-corrected chi connectivity index (χ1v) is 4.63. The maximum atomic E-state index is 12.5. The number of rotatable bonds is 2. The van der Waals surface area contributed by atoms with Crippen molar-refractivity contribution in [3.05, 3.63) is 22.2 Å². The number of halogens is 6. The van der Waals surface area contributed by atoms with Crippen LogP contribution >= 0.6 is 15.9 Å². The number of hydrogen-bond acceptors (Lipinski definition) is 2. The van der Waals surface area contributed by atoms with Crippen molar-refractivity contribution >= 4 is 21.6 Å². The van der Waals surface area contributed by atoms with E-state index in [1.807, 2.05) is 0 Å². The summed E-state index contributed by atoms with van der Waals surface area (Å²) in [5, 5.41) is 0. The molecule has 0 aromatic heterocycles. The highest BCUT2D eigenvalue weighted by molar-refractivity contribution is 9.10. The van der Waals surface area contributed by atoms with Gasteiger partial charge in [0.1, 0.15) is 5.75 Å². The molecule has 0 atom stereocenters. The van der Waals surface area contributed by atoms with Crippen molar-refractivity contribution < 1.29 is 26.7 Å². The molecule has 0 spiro atoms. The molecule has 8 heteroatoms. The van der Waals surface area contributed by atoms with Gasteiger partial charge in [-0.15, -0.1) is 13.2 Å². The van der Waals surface area contributed by atoms with Crippen LogP contribution in [0.2, 0.25) is 0 Å². The van der Waals surface area contributed by atoms with Crippen LogP contribution in [0.5, 0.6) is 5.75 Å². The molecule has 0 aliphatic carbocycles. The predicted molar refractivity (Wildman–Crippen MR) is 50.2 cm³/mol. The number of nitrogen functional groups attached to an aromatic ring is 1. The predicted octanol–water partition coefficient (Wildman–Crippen LogP) is 3.87. The van der Waals surface area contributed by atoms with Gasteiger partial charge in [-0.05, 0) is 28.1 Å². The van der Waals surface area contributed by atoms with E-state index in [1.54, 1.807) is 0 Å². The molecule has 0 saturated carbocycles. The van der Waals surface area contributed by atoms with Gasteiger partial charge < -0.3 is 10.5 Å². The molecule has 16 heavy (non-hydrogen) atoms. The molecule has 90 valence electrons. The lowest BCUT2D eigenvalue weighted by Gasteiger charge is -2.15. The minimum atomic E-state index is -5.03. The molecule has 0 radical (unpaired) electrons. The van der Waals surface area contributed by atoms with Crippen LogP contribution in [0.3, 0.4) is 0 Å². The molecule has 0 unspecified atom stereocenters. The fraction of sp³-hybridized carbons (Fsp3) is 0.250. The van der Waals surface area contributed by atoms with Crippen LogP contribution in [0.25, 0.3) is 0 Å². The largest absolute Gasteiger partial charge is 0.573 e. The molecule has 0 saturated heterocycles. The highest BCUT2D eigenvalue weighted by atomic mass is 79.9. The Bertz CT molecular complexity index is 393. The minimum Gasteiger partial charge on any atom is -0.405 e. The first-order valence-electron chi connectivity index (χ1n) is 3.84. The first kappa shape index (κ1) is 13.0. The summed E-state index contributed by atoms with van der Waals surface area (Å²) in [4.78, 5) is 0. The Morgan fingerprint density at radius 1 is 1.25 bits per heavy atom. The van der Waals surface area contributed by atoms with E-state index in [1.165, 1.54) is 0 Å². The van der Waals surface area contributed by atoms with Gasteiger partial charge in [-0.3, -0.25) is 0 Å². The Kier molecular flexibility index (Phi) is 3.61. The maximum absolute atomic E-state index is 12.5. The highest BCUT2D eigenvalue weighted by Crippen LogP contribution is 2.40. The SMILES string of the molecule is Nc1ccc(OC(F)(F)F)c(C(F)F)c1Br. The molecule has 0 bridgehead atoms. The van der Waals surface area contributed by atoms with Gasteiger partial charge in [-0.1, -0.05) is 0 Å². The molecule has 0 aliphatic heterocycles. The molecule has 2 nitrogen and oxygen atoms in total. The molecule has 0 heterocycles. The number of anilines is 1. The Morgan fingerprint density at radius 3 is 2.25 bits per heavy atom. The lowest BCUT2D eigenvalue weighted by Crippen LogP contribution is -2.18. The Hall–Kier alpha value is -1.05. The van der Waals surface area contributed by atoms with Crippen LogP contribution < -0.4 is 10.5 Å². The Balaban J connectivity index is 3.24. The fourth-order valence-electron chi connectivity index (χ4n) is 1.01. The second kappa shape index (κ2) is 4.44. The van der Waals surface area contributed by atoms with E-state index >= 15 is 0 Å². The van der Waals surface area contributed by atoms with Gasteiger partial charge in [0.2, 0.25) is 0 Å². The zero-order valence-corrected chi connectivity index (χ0v) is 9.07. The van der Waals surface area contributed by atoms with Crippen molar-refractivity contribution in [2.75, 3.05) is 5.73 Å². The second-order valence-corrected chi connectivity index (χ2v) is 3.52. The molecule has 0 amide bonds. The fourth-order valence-corrected chi connectivity index (χ4v) is 1.51. The zero-order valence-electron chi connectivity index (χ0n) is 7.49. The van der Waals surface area contributed by atoms with Crippen LogP contribution in [-0.2, 0) is 0 Å². The van der Waals surface area contributed by atoms with Crippen molar-refractivity contribution in [1.82, 2.24) is 0 Å². The van der Waals surface area contributed by atoms with Gasteiger partial charge in [-0.2, -0.15) is 0 Å². The van der Waals surface area contributed by atoms with Gasteiger partial charge in [0.15, 0.2) is 0 Å². The summed E-state index contributed by atoms with van der Waals surface area (Å²) in [5.41, 5.74) is 4.26. The van der Waals surface area contributed by atoms with E-state index in [0.29, 0.717) is 0 Å².